The van der Waals surface area contributed by atoms with E-state index in [1.54, 1.807) is 30.2 Å². The summed E-state index contributed by atoms with van der Waals surface area (Å²) in [6.07, 6.45) is 4.84. The fraction of sp³-hybridized carbons (Fsp3) is 0.421. The largest absolute Gasteiger partial charge is 0.496 e. The van der Waals surface area contributed by atoms with E-state index in [2.05, 4.69) is 10.3 Å². The van der Waals surface area contributed by atoms with Crippen molar-refractivity contribution in [3.63, 3.8) is 0 Å². The van der Waals surface area contributed by atoms with Crippen molar-refractivity contribution in [1.82, 2.24) is 20.2 Å². The smallest absolute Gasteiger partial charge is 0.257 e. The zero-order valence-electron chi connectivity index (χ0n) is 14.7. The highest BCUT2D eigenvalue weighted by Crippen LogP contribution is 2.27. The molecule has 0 unspecified atom stereocenters. The van der Waals surface area contributed by atoms with Crippen molar-refractivity contribution in [2.75, 3.05) is 20.2 Å². The second-order valence-electron chi connectivity index (χ2n) is 6.67. The molecule has 0 spiro atoms. The summed E-state index contributed by atoms with van der Waals surface area (Å²) in [5.41, 5.74) is 2.54. The van der Waals surface area contributed by atoms with Gasteiger partial charge in [0.1, 0.15) is 11.6 Å². The Morgan fingerprint density at radius 2 is 2.31 bits per heavy atom. The third-order valence-corrected chi connectivity index (χ3v) is 5.24. The van der Waals surface area contributed by atoms with Gasteiger partial charge in [0.2, 0.25) is 0 Å². The zero-order chi connectivity index (χ0) is 18.1. The summed E-state index contributed by atoms with van der Waals surface area (Å²) in [5.74, 6) is 1.32. The van der Waals surface area contributed by atoms with Gasteiger partial charge in [-0.3, -0.25) is 4.79 Å². The molecule has 6 nitrogen and oxygen atoms in total. The van der Waals surface area contributed by atoms with Crippen molar-refractivity contribution >= 4 is 17.5 Å². The monoisotopic (exact) mass is 372 g/mol. The highest BCUT2D eigenvalue weighted by molar-refractivity contribution is 6.31. The van der Waals surface area contributed by atoms with Crippen molar-refractivity contribution in [2.24, 2.45) is 0 Å². The van der Waals surface area contributed by atoms with Gasteiger partial charge >= 0.3 is 0 Å². The first-order valence-electron chi connectivity index (χ1n) is 8.86. The third kappa shape index (κ3) is 3.27. The van der Waals surface area contributed by atoms with Crippen LogP contribution in [0.4, 0.5) is 0 Å². The van der Waals surface area contributed by atoms with Crippen LogP contribution in [0.1, 0.15) is 46.3 Å². The van der Waals surface area contributed by atoms with Gasteiger partial charge in [-0.05, 0) is 37.6 Å². The summed E-state index contributed by atoms with van der Waals surface area (Å²) in [4.78, 5) is 24.0. The topological polar surface area (TPSA) is 67.3 Å². The maximum Gasteiger partial charge on any atom is 0.257 e. The van der Waals surface area contributed by atoms with Gasteiger partial charge in [-0.1, -0.05) is 11.6 Å². The molecule has 1 N–H and O–H groups in total. The van der Waals surface area contributed by atoms with E-state index in [0.717, 1.165) is 42.9 Å². The van der Waals surface area contributed by atoms with Crippen LogP contribution in [0, 0.1) is 0 Å². The first-order valence-corrected chi connectivity index (χ1v) is 9.24. The molecule has 1 aromatic carbocycles. The number of hydrogen-bond acceptors (Lipinski definition) is 5. The SMILES string of the molecule is COc1ccc(Cl)cc1C(=O)N1CCc2nc([C@H]3CCCN3)ncc2C1. The molecule has 1 aromatic heterocycles. The summed E-state index contributed by atoms with van der Waals surface area (Å²) >= 11 is 6.07. The van der Waals surface area contributed by atoms with Crippen molar-refractivity contribution in [2.45, 2.75) is 31.8 Å². The summed E-state index contributed by atoms with van der Waals surface area (Å²) in [6, 6.07) is 5.35. The second-order valence-corrected chi connectivity index (χ2v) is 7.11. The third-order valence-electron chi connectivity index (χ3n) is 5.00. The van der Waals surface area contributed by atoms with Gasteiger partial charge in [0.25, 0.3) is 5.91 Å². The van der Waals surface area contributed by atoms with Crippen LogP contribution in [0.2, 0.25) is 5.02 Å². The summed E-state index contributed by atoms with van der Waals surface area (Å²) in [5, 5.41) is 3.95. The van der Waals surface area contributed by atoms with Crippen molar-refractivity contribution in [1.29, 1.82) is 0 Å². The average Bonchev–Trinajstić information content (AvgIpc) is 3.21. The first-order chi connectivity index (χ1) is 12.7. The number of aromatic nitrogens is 2. The molecule has 3 heterocycles. The van der Waals surface area contributed by atoms with Crippen LogP contribution in [0.15, 0.2) is 24.4 Å². The van der Waals surface area contributed by atoms with Crippen LogP contribution in [-0.2, 0) is 13.0 Å². The van der Waals surface area contributed by atoms with Crippen molar-refractivity contribution in [3.05, 3.63) is 52.1 Å². The van der Waals surface area contributed by atoms with E-state index < -0.39 is 0 Å². The Kier molecular flexibility index (Phi) is 4.78. The Hall–Kier alpha value is -2.18. The second kappa shape index (κ2) is 7.21. The van der Waals surface area contributed by atoms with Crippen LogP contribution in [-0.4, -0.2) is 41.0 Å². The molecule has 1 amide bonds. The van der Waals surface area contributed by atoms with Gasteiger partial charge in [0, 0.05) is 36.3 Å². The lowest BCUT2D eigenvalue weighted by molar-refractivity contribution is 0.0729. The lowest BCUT2D eigenvalue weighted by Crippen LogP contribution is -2.37. The van der Waals surface area contributed by atoms with E-state index in [1.807, 2.05) is 6.20 Å². The van der Waals surface area contributed by atoms with E-state index in [-0.39, 0.29) is 11.9 Å². The minimum atomic E-state index is -0.0865. The number of fused-ring (bicyclic) bond motifs is 1. The number of ether oxygens (including phenoxy) is 1. The Balaban J connectivity index is 1.55. The number of hydrogen-bond donors (Lipinski definition) is 1. The van der Waals surface area contributed by atoms with Crippen molar-refractivity contribution < 1.29 is 9.53 Å². The summed E-state index contributed by atoms with van der Waals surface area (Å²) < 4.78 is 5.32. The minimum Gasteiger partial charge on any atom is -0.496 e. The number of nitrogens with zero attached hydrogens (tertiary/aromatic N) is 3. The summed E-state index contributed by atoms with van der Waals surface area (Å²) in [7, 11) is 1.55. The zero-order valence-corrected chi connectivity index (χ0v) is 15.4. The number of rotatable bonds is 3. The van der Waals surface area contributed by atoms with Gasteiger partial charge in [-0.15, -0.1) is 0 Å². The fourth-order valence-electron chi connectivity index (χ4n) is 3.60. The van der Waals surface area contributed by atoms with Crippen LogP contribution >= 0.6 is 11.6 Å². The molecule has 2 aliphatic rings. The molecule has 0 bridgehead atoms. The molecule has 1 saturated heterocycles. The minimum absolute atomic E-state index is 0.0865. The number of methoxy groups -OCH3 is 1. The number of nitrogens with one attached hydrogen (secondary N) is 1. The molecule has 1 fully saturated rings. The number of benzene rings is 1. The van der Waals surface area contributed by atoms with Crippen LogP contribution < -0.4 is 10.1 Å². The molecular formula is C19H21ClN4O2. The maximum absolute atomic E-state index is 13.0. The van der Waals surface area contributed by atoms with Crippen LogP contribution in [0.3, 0.4) is 0 Å². The molecule has 1 atom stereocenters. The molecule has 0 aliphatic carbocycles. The van der Waals surface area contributed by atoms with Crippen molar-refractivity contribution in [3.8, 4) is 5.75 Å². The highest BCUT2D eigenvalue weighted by atomic mass is 35.5. The average molecular weight is 373 g/mol. The molecular weight excluding hydrogens is 352 g/mol. The number of carbonyl (C=O) groups excluding carboxylic acids is 1. The number of carbonyl (C=O) groups is 1. The van der Waals surface area contributed by atoms with Gasteiger partial charge < -0.3 is 15.0 Å². The highest BCUT2D eigenvalue weighted by Gasteiger charge is 2.27. The standard InChI is InChI=1S/C19H21ClN4O2/c1-26-17-5-4-13(20)9-14(17)19(25)24-8-6-15-12(11-24)10-22-18(23-15)16-3-2-7-21-16/h4-5,9-10,16,21H,2-3,6-8,11H2,1H3/t16-/m1/s1. The lowest BCUT2D eigenvalue weighted by atomic mass is 10.0. The van der Waals surface area contributed by atoms with E-state index in [9.17, 15) is 4.79 Å². The van der Waals surface area contributed by atoms with Gasteiger partial charge in [-0.2, -0.15) is 0 Å². The Labute approximate surface area is 157 Å². The Morgan fingerprint density at radius 3 is 3.08 bits per heavy atom. The number of amides is 1. The normalized spacial score (nSPS) is 19.3. The predicted octanol–water partition coefficient (Wildman–Crippen LogP) is 2.76. The Bertz CT molecular complexity index is 836. The molecule has 4 rings (SSSR count). The quantitative estimate of drug-likeness (QED) is 0.897. The van der Waals surface area contributed by atoms with Crippen LogP contribution in [0.25, 0.3) is 0 Å². The van der Waals surface area contributed by atoms with E-state index in [4.69, 9.17) is 21.3 Å². The maximum atomic E-state index is 13.0. The van der Waals surface area contributed by atoms with E-state index >= 15 is 0 Å². The fourth-order valence-corrected chi connectivity index (χ4v) is 3.77. The van der Waals surface area contributed by atoms with Gasteiger partial charge in [0.05, 0.1) is 24.4 Å². The summed E-state index contributed by atoms with van der Waals surface area (Å²) in [6.45, 7) is 2.15. The Morgan fingerprint density at radius 1 is 1.42 bits per heavy atom. The molecule has 0 saturated carbocycles. The first kappa shape index (κ1) is 17.2. The lowest BCUT2D eigenvalue weighted by Gasteiger charge is -2.29. The van der Waals surface area contributed by atoms with Gasteiger partial charge in [-0.25, -0.2) is 9.97 Å². The van der Waals surface area contributed by atoms with Crippen LogP contribution in [0.5, 0.6) is 5.75 Å². The predicted molar refractivity (Wildman–Crippen MR) is 98.5 cm³/mol. The van der Waals surface area contributed by atoms with E-state index in [1.165, 1.54) is 0 Å². The molecule has 2 aliphatic heterocycles. The molecule has 0 radical (unpaired) electrons. The molecule has 2 aromatic rings. The number of halogens is 1. The van der Waals surface area contributed by atoms with Gasteiger partial charge in [0.15, 0.2) is 0 Å². The molecule has 7 heteroatoms. The molecule has 136 valence electrons. The van der Waals surface area contributed by atoms with E-state index in [0.29, 0.717) is 29.4 Å². The molecule has 26 heavy (non-hydrogen) atoms.